The summed E-state index contributed by atoms with van der Waals surface area (Å²) in [5.41, 5.74) is 0. The summed E-state index contributed by atoms with van der Waals surface area (Å²) in [5, 5.41) is 0. The minimum Gasteiger partial charge on any atom is -0.465 e. The van der Waals surface area contributed by atoms with E-state index >= 15 is 0 Å². The van der Waals surface area contributed by atoms with E-state index in [1.165, 1.54) is 231 Å². The molecule has 0 aromatic carbocycles. The lowest BCUT2D eigenvalue weighted by atomic mass is 9.95. The summed E-state index contributed by atoms with van der Waals surface area (Å²) >= 11 is 0. The molecule has 1 amide bonds. The van der Waals surface area contributed by atoms with Crippen molar-refractivity contribution in [2.24, 2.45) is 11.8 Å². The van der Waals surface area contributed by atoms with Gasteiger partial charge in [-0.1, -0.05) is 227 Å². The molecule has 3 atom stereocenters. The second-order valence-electron chi connectivity index (χ2n) is 22.1. The van der Waals surface area contributed by atoms with Crippen LogP contribution >= 0.6 is 0 Å². The third-order valence-electron chi connectivity index (χ3n) is 15.5. The summed E-state index contributed by atoms with van der Waals surface area (Å²) < 4.78 is 11.6. The summed E-state index contributed by atoms with van der Waals surface area (Å²) in [6, 6.07) is 0.332. The maximum Gasteiger partial charge on any atom is 0.305 e. The molecule has 0 N–H and O–H groups in total. The lowest BCUT2D eigenvalue weighted by Crippen LogP contribution is -2.42. The van der Waals surface area contributed by atoms with E-state index < -0.39 is 0 Å². The van der Waals surface area contributed by atoms with Crippen LogP contribution in [0.5, 0.6) is 0 Å². The van der Waals surface area contributed by atoms with E-state index in [1.807, 2.05) is 0 Å². The zero-order valence-corrected chi connectivity index (χ0v) is 47.2. The number of hydrogen-bond donors (Lipinski definition) is 0. The Balaban J connectivity index is 2.68. The molecule has 3 unspecified atom stereocenters. The van der Waals surface area contributed by atoms with Crippen LogP contribution < -0.4 is 0 Å². The van der Waals surface area contributed by atoms with Crippen LogP contribution in [0.4, 0.5) is 0 Å². The molecule has 1 aliphatic heterocycles. The Morgan fingerprint density at radius 1 is 0.391 bits per heavy atom. The molecule has 0 radical (unpaired) electrons. The summed E-state index contributed by atoms with van der Waals surface area (Å²) in [6.07, 6.45) is 52.5. The Morgan fingerprint density at radius 2 is 0.739 bits per heavy atom. The maximum absolute atomic E-state index is 14.2. The standard InChI is InChI=1S/C62H120N2O5/c1-6-11-16-19-20-27-36-48-60(65)64(54-41-53-63-51-39-30-40-52-63)59(46-34-25-21-23-28-37-49-61(66)68-55-57(42-15-10-5)44-32-17-12-7-2)47-35-26-22-24-29-38-50-62(67)69-56-58(43-31-14-9-4)45-33-18-13-8-3/h57-59H,6-56H2,1-5H3. The maximum atomic E-state index is 14.2. The van der Waals surface area contributed by atoms with Gasteiger partial charge in [0, 0.05) is 31.8 Å². The van der Waals surface area contributed by atoms with Crippen LogP contribution in [0.15, 0.2) is 0 Å². The first-order valence-corrected chi connectivity index (χ1v) is 31.2. The molecule has 0 aromatic heterocycles. The van der Waals surface area contributed by atoms with Crippen molar-refractivity contribution in [2.45, 2.75) is 330 Å². The van der Waals surface area contributed by atoms with Crippen LogP contribution in [-0.4, -0.2) is 73.1 Å². The Morgan fingerprint density at radius 3 is 1.20 bits per heavy atom. The molecule has 0 aromatic rings. The van der Waals surface area contributed by atoms with Crippen LogP contribution in [0.2, 0.25) is 0 Å². The van der Waals surface area contributed by atoms with Crippen molar-refractivity contribution in [1.82, 2.24) is 9.80 Å². The summed E-state index contributed by atoms with van der Waals surface area (Å²) in [4.78, 5) is 44.6. The normalized spacial score (nSPS) is 14.4. The Hall–Kier alpha value is -1.63. The SMILES string of the molecule is CCCCCCCCCC(=O)N(CCCN1CCCCC1)C(CCCCCCCCC(=O)OCC(CCCC)CCCCCC)CCCCCCCCC(=O)OCC(CCCCC)CCCCCC. The van der Waals surface area contributed by atoms with E-state index in [2.05, 4.69) is 44.4 Å². The van der Waals surface area contributed by atoms with Gasteiger partial charge in [-0.2, -0.15) is 0 Å². The number of amides is 1. The van der Waals surface area contributed by atoms with Gasteiger partial charge in [0.2, 0.25) is 5.91 Å². The monoisotopic (exact) mass is 973 g/mol. The Bertz CT molecular complexity index is 1130. The van der Waals surface area contributed by atoms with Gasteiger partial charge in [-0.25, -0.2) is 0 Å². The van der Waals surface area contributed by atoms with Crippen molar-refractivity contribution in [1.29, 1.82) is 0 Å². The summed E-state index contributed by atoms with van der Waals surface area (Å²) in [7, 11) is 0. The minimum atomic E-state index is -0.000641. The number of esters is 2. The van der Waals surface area contributed by atoms with Crippen molar-refractivity contribution in [2.75, 3.05) is 39.4 Å². The average molecular weight is 974 g/mol. The topological polar surface area (TPSA) is 76.2 Å². The predicted molar refractivity (Wildman–Crippen MR) is 297 cm³/mol. The van der Waals surface area contributed by atoms with Crippen LogP contribution in [0.25, 0.3) is 0 Å². The quantitative estimate of drug-likeness (QED) is 0.0446. The van der Waals surface area contributed by atoms with E-state index in [0.717, 1.165) is 64.5 Å². The lowest BCUT2D eigenvalue weighted by Gasteiger charge is -2.34. The fraction of sp³-hybridized carbons (Fsp3) is 0.952. The molecule has 7 nitrogen and oxygen atoms in total. The van der Waals surface area contributed by atoms with E-state index in [0.29, 0.717) is 56.3 Å². The highest BCUT2D eigenvalue weighted by Crippen LogP contribution is 2.24. The number of rotatable bonds is 52. The van der Waals surface area contributed by atoms with E-state index in [-0.39, 0.29) is 11.9 Å². The van der Waals surface area contributed by atoms with Gasteiger partial charge in [0.05, 0.1) is 13.2 Å². The van der Waals surface area contributed by atoms with Gasteiger partial charge >= 0.3 is 11.9 Å². The summed E-state index contributed by atoms with van der Waals surface area (Å²) in [6.45, 7) is 17.0. The number of likely N-dealkylation sites (tertiary alicyclic amines) is 1. The predicted octanol–water partition coefficient (Wildman–Crippen LogP) is 18.5. The molecule has 1 saturated heterocycles. The second kappa shape index (κ2) is 49.9. The van der Waals surface area contributed by atoms with Crippen molar-refractivity contribution in [3.63, 3.8) is 0 Å². The molecule has 69 heavy (non-hydrogen) atoms. The second-order valence-corrected chi connectivity index (χ2v) is 22.1. The third kappa shape index (κ3) is 40.5. The first-order valence-electron chi connectivity index (χ1n) is 31.2. The van der Waals surface area contributed by atoms with Crippen molar-refractivity contribution in [3.8, 4) is 0 Å². The highest BCUT2D eigenvalue weighted by atomic mass is 16.5. The number of ether oxygens (including phenoxy) is 2. The number of carbonyl (C=O) groups is 3. The van der Waals surface area contributed by atoms with Gasteiger partial charge in [0.15, 0.2) is 0 Å². The fourth-order valence-corrected chi connectivity index (χ4v) is 10.8. The molecule has 0 aliphatic carbocycles. The number of carbonyl (C=O) groups excluding carboxylic acids is 3. The van der Waals surface area contributed by atoms with Crippen LogP contribution in [0, 0.1) is 11.8 Å². The van der Waals surface area contributed by atoms with Gasteiger partial charge < -0.3 is 19.3 Å². The van der Waals surface area contributed by atoms with Gasteiger partial charge in [-0.05, 0) is 109 Å². The lowest BCUT2D eigenvalue weighted by molar-refractivity contribution is -0.146. The molecule has 1 aliphatic rings. The average Bonchev–Trinajstić information content (AvgIpc) is 3.36. The Labute approximate surface area is 430 Å². The zero-order valence-electron chi connectivity index (χ0n) is 47.2. The van der Waals surface area contributed by atoms with Crippen LogP contribution in [-0.2, 0) is 23.9 Å². The van der Waals surface area contributed by atoms with E-state index in [9.17, 15) is 14.4 Å². The fourth-order valence-electron chi connectivity index (χ4n) is 10.8. The van der Waals surface area contributed by atoms with Crippen molar-refractivity contribution < 1.29 is 23.9 Å². The van der Waals surface area contributed by atoms with Gasteiger partial charge in [0.25, 0.3) is 0 Å². The van der Waals surface area contributed by atoms with Gasteiger partial charge in [-0.15, -0.1) is 0 Å². The van der Waals surface area contributed by atoms with E-state index in [1.54, 1.807) is 0 Å². The first-order chi connectivity index (χ1) is 33.9. The zero-order chi connectivity index (χ0) is 50.1. The van der Waals surface area contributed by atoms with Crippen molar-refractivity contribution in [3.05, 3.63) is 0 Å². The molecule has 1 rings (SSSR count). The molecule has 408 valence electrons. The Kier molecular flexibility index (Phi) is 47.3. The highest BCUT2D eigenvalue weighted by Gasteiger charge is 2.24. The molecular formula is C62H120N2O5. The number of hydrogen-bond acceptors (Lipinski definition) is 6. The molecule has 1 fully saturated rings. The third-order valence-corrected chi connectivity index (χ3v) is 15.5. The smallest absolute Gasteiger partial charge is 0.305 e. The van der Waals surface area contributed by atoms with Crippen LogP contribution in [0.3, 0.4) is 0 Å². The molecule has 0 bridgehead atoms. The van der Waals surface area contributed by atoms with Gasteiger partial charge in [-0.3, -0.25) is 14.4 Å². The number of nitrogens with zero attached hydrogens (tertiary/aromatic N) is 2. The minimum absolute atomic E-state index is 0.000641. The molecule has 0 spiro atoms. The van der Waals surface area contributed by atoms with Gasteiger partial charge in [0.1, 0.15) is 0 Å². The highest BCUT2D eigenvalue weighted by molar-refractivity contribution is 5.76. The molecule has 0 saturated carbocycles. The molecule has 1 heterocycles. The first kappa shape index (κ1) is 65.4. The number of unbranched alkanes of at least 4 members (excludes halogenated alkanes) is 25. The largest absolute Gasteiger partial charge is 0.465 e. The number of piperidine rings is 1. The van der Waals surface area contributed by atoms with E-state index in [4.69, 9.17) is 9.47 Å². The van der Waals surface area contributed by atoms with Crippen molar-refractivity contribution >= 4 is 17.8 Å². The molecular weight excluding hydrogens is 853 g/mol. The van der Waals surface area contributed by atoms with Crippen LogP contribution in [0.1, 0.15) is 324 Å². The summed E-state index contributed by atoms with van der Waals surface area (Å²) in [5.74, 6) is 1.46. The molecule has 7 heteroatoms.